The lowest BCUT2D eigenvalue weighted by Crippen LogP contribution is -2.10. The molecule has 0 amide bonds. The first-order valence-corrected chi connectivity index (χ1v) is 6.93. The Morgan fingerprint density at radius 1 is 1.22 bits per heavy atom. The van der Waals surface area contributed by atoms with Gasteiger partial charge in [-0.15, -0.1) is 11.8 Å². The van der Waals surface area contributed by atoms with Gasteiger partial charge in [-0.3, -0.25) is 4.98 Å². The minimum absolute atomic E-state index is 0.215. The number of nitrogens with two attached hydrogens (primary N) is 1. The number of thioether (sulfide) groups is 1. The largest absolute Gasteiger partial charge is 0.329 e. The average molecular weight is 258 g/mol. The predicted molar refractivity (Wildman–Crippen MR) is 77.8 cm³/mol. The third-order valence-electron chi connectivity index (χ3n) is 2.83. The molecule has 2 rings (SSSR count). The van der Waals surface area contributed by atoms with Gasteiger partial charge >= 0.3 is 0 Å². The smallest absolute Gasteiger partial charge is 0.0639 e. The standard InChI is InChI=1S/C15H18N2S/c1-11-6-7-14(12(2)9-11)18-15(10-16)13-5-3-4-8-17-13/h3-9,15H,10,16H2,1-2H3. The molecule has 0 bridgehead atoms. The summed E-state index contributed by atoms with van der Waals surface area (Å²) in [7, 11) is 0. The molecule has 2 N–H and O–H groups in total. The minimum Gasteiger partial charge on any atom is -0.329 e. The second-order valence-corrected chi connectivity index (χ2v) is 5.61. The van der Waals surface area contributed by atoms with E-state index in [1.54, 1.807) is 11.8 Å². The van der Waals surface area contributed by atoms with Crippen LogP contribution in [0.1, 0.15) is 22.1 Å². The maximum atomic E-state index is 5.87. The fraction of sp³-hybridized carbons (Fsp3) is 0.267. The van der Waals surface area contributed by atoms with Gasteiger partial charge in [0.05, 0.1) is 10.9 Å². The van der Waals surface area contributed by atoms with Crippen molar-refractivity contribution in [1.82, 2.24) is 4.98 Å². The molecule has 1 heterocycles. The van der Waals surface area contributed by atoms with Gasteiger partial charge in [0.1, 0.15) is 0 Å². The molecule has 0 saturated heterocycles. The van der Waals surface area contributed by atoms with Crippen LogP contribution in [-0.4, -0.2) is 11.5 Å². The maximum Gasteiger partial charge on any atom is 0.0639 e. The van der Waals surface area contributed by atoms with E-state index in [1.165, 1.54) is 16.0 Å². The molecule has 94 valence electrons. The molecule has 3 heteroatoms. The van der Waals surface area contributed by atoms with Crippen LogP contribution in [0, 0.1) is 13.8 Å². The van der Waals surface area contributed by atoms with Gasteiger partial charge in [-0.05, 0) is 37.6 Å². The van der Waals surface area contributed by atoms with Crippen LogP contribution >= 0.6 is 11.8 Å². The van der Waals surface area contributed by atoms with Gasteiger partial charge < -0.3 is 5.73 Å². The molecule has 0 aliphatic heterocycles. The van der Waals surface area contributed by atoms with E-state index in [-0.39, 0.29) is 5.25 Å². The molecule has 0 aliphatic carbocycles. The number of aromatic nitrogens is 1. The summed E-state index contributed by atoms with van der Waals surface area (Å²) in [5.74, 6) is 0. The van der Waals surface area contributed by atoms with E-state index in [4.69, 9.17) is 5.73 Å². The highest BCUT2D eigenvalue weighted by Gasteiger charge is 2.13. The van der Waals surface area contributed by atoms with E-state index in [2.05, 4.69) is 37.0 Å². The highest BCUT2D eigenvalue weighted by Crippen LogP contribution is 2.35. The molecule has 0 radical (unpaired) electrons. The number of hydrogen-bond acceptors (Lipinski definition) is 3. The zero-order chi connectivity index (χ0) is 13.0. The third kappa shape index (κ3) is 3.12. The van der Waals surface area contributed by atoms with Crippen LogP contribution in [0.4, 0.5) is 0 Å². The van der Waals surface area contributed by atoms with Gasteiger partial charge in [-0.2, -0.15) is 0 Å². The Morgan fingerprint density at radius 2 is 2.06 bits per heavy atom. The Bertz CT molecular complexity index is 511. The van der Waals surface area contributed by atoms with E-state index >= 15 is 0 Å². The molecule has 1 aromatic carbocycles. The van der Waals surface area contributed by atoms with Gasteiger partial charge in [0, 0.05) is 17.6 Å². The van der Waals surface area contributed by atoms with Crippen LogP contribution in [-0.2, 0) is 0 Å². The van der Waals surface area contributed by atoms with Crippen LogP contribution in [0.25, 0.3) is 0 Å². The quantitative estimate of drug-likeness (QED) is 0.853. The molecule has 2 aromatic rings. The third-order valence-corrected chi connectivity index (χ3v) is 4.26. The normalized spacial score (nSPS) is 12.4. The molecular weight excluding hydrogens is 240 g/mol. The first kappa shape index (κ1) is 13.1. The van der Waals surface area contributed by atoms with Crippen molar-refractivity contribution in [3.63, 3.8) is 0 Å². The van der Waals surface area contributed by atoms with Crippen molar-refractivity contribution < 1.29 is 0 Å². The molecule has 0 fully saturated rings. The van der Waals surface area contributed by atoms with Crippen molar-refractivity contribution in [3.8, 4) is 0 Å². The first-order chi connectivity index (χ1) is 8.70. The Hall–Kier alpha value is -1.32. The number of nitrogens with zero attached hydrogens (tertiary/aromatic N) is 1. The SMILES string of the molecule is Cc1ccc(SC(CN)c2ccccn2)c(C)c1. The van der Waals surface area contributed by atoms with Crippen molar-refractivity contribution in [2.75, 3.05) is 6.54 Å². The Balaban J connectivity index is 2.21. The number of aryl methyl sites for hydroxylation is 2. The lowest BCUT2D eigenvalue weighted by atomic mass is 10.2. The molecule has 0 aliphatic rings. The number of hydrogen-bond donors (Lipinski definition) is 1. The second-order valence-electron chi connectivity index (χ2n) is 4.37. The summed E-state index contributed by atoms with van der Waals surface area (Å²) in [5.41, 5.74) is 9.51. The van der Waals surface area contributed by atoms with Crippen molar-refractivity contribution >= 4 is 11.8 Å². The van der Waals surface area contributed by atoms with Crippen LogP contribution in [0.3, 0.4) is 0 Å². The van der Waals surface area contributed by atoms with Crippen molar-refractivity contribution in [2.45, 2.75) is 24.0 Å². The van der Waals surface area contributed by atoms with E-state index in [1.807, 2.05) is 24.4 Å². The average Bonchev–Trinajstić information content (AvgIpc) is 2.39. The second kappa shape index (κ2) is 6.03. The van der Waals surface area contributed by atoms with Gasteiger partial charge in [-0.25, -0.2) is 0 Å². The number of rotatable bonds is 4. The summed E-state index contributed by atoms with van der Waals surface area (Å²) in [5, 5.41) is 0.215. The van der Waals surface area contributed by atoms with Crippen LogP contribution in [0.5, 0.6) is 0 Å². The van der Waals surface area contributed by atoms with E-state index in [9.17, 15) is 0 Å². The molecule has 18 heavy (non-hydrogen) atoms. The summed E-state index contributed by atoms with van der Waals surface area (Å²) in [6, 6.07) is 12.5. The maximum absolute atomic E-state index is 5.87. The number of benzene rings is 1. The van der Waals surface area contributed by atoms with E-state index in [0.717, 1.165) is 5.69 Å². The van der Waals surface area contributed by atoms with Crippen molar-refractivity contribution in [1.29, 1.82) is 0 Å². The highest BCUT2D eigenvalue weighted by atomic mass is 32.2. The first-order valence-electron chi connectivity index (χ1n) is 6.05. The Kier molecular flexibility index (Phi) is 4.39. The lowest BCUT2D eigenvalue weighted by Gasteiger charge is -2.15. The predicted octanol–water partition coefficient (Wildman–Crippen LogP) is 3.49. The van der Waals surface area contributed by atoms with E-state index < -0.39 is 0 Å². The van der Waals surface area contributed by atoms with Crippen molar-refractivity contribution in [3.05, 3.63) is 59.4 Å². The van der Waals surface area contributed by atoms with Crippen LogP contribution < -0.4 is 5.73 Å². The summed E-state index contributed by atoms with van der Waals surface area (Å²) in [4.78, 5) is 5.67. The summed E-state index contributed by atoms with van der Waals surface area (Å²) < 4.78 is 0. The zero-order valence-electron chi connectivity index (χ0n) is 10.8. The zero-order valence-corrected chi connectivity index (χ0v) is 11.6. The lowest BCUT2D eigenvalue weighted by molar-refractivity contribution is 0.897. The minimum atomic E-state index is 0.215. The molecule has 2 nitrogen and oxygen atoms in total. The molecule has 1 unspecified atom stereocenters. The van der Waals surface area contributed by atoms with Crippen LogP contribution in [0.15, 0.2) is 47.5 Å². The number of pyridine rings is 1. The summed E-state index contributed by atoms with van der Waals surface area (Å²) >= 11 is 1.79. The fourth-order valence-corrected chi connectivity index (χ4v) is 2.93. The topological polar surface area (TPSA) is 38.9 Å². The van der Waals surface area contributed by atoms with E-state index in [0.29, 0.717) is 6.54 Å². The summed E-state index contributed by atoms with van der Waals surface area (Å²) in [6.45, 7) is 4.84. The van der Waals surface area contributed by atoms with Crippen LogP contribution in [0.2, 0.25) is 0 Å². The monoisotopic (exact) mass is 258 g/mol. The highest BCUT2D eigenvalue weighted by molar-refractivity contribution is 7.99. The van der Waals surface area contributed by atoms with Crippen molar-refractivity contribution in [2.24, 2.45) is 5.73 Å². The summed E-state index contributed by atoms with van der Waals surface area (Å²) in [6.07, 6.45) is 1.82. The van der Waals surface area contributed by atoms with Gasteiger partial charge in [0.2, 0.25) is 0 Å². The molecule has 1 atom stereocenters. The Morgan fingerprint density at radius 3 is 2.67 bits per heavy atom. The Labute approximate surface area is 113 Å². The molecule has 0 spiro atoms. The van der Waals surface area contributed by atoms with Gasteiger partial charge in [0.25, 0.3) is 0 Å². The molecule has 1 aromatic heterocycles. The molecular formula is C15H18N2S. The van der Waals surface area contributed by atoms with Gasteiger partial charge in [0.15, 0.2) is 0 Å². The fourth-order valence-electron chi connectivity index (χ4n) is 1.88. The molecule has 0 saturated carbocycles. The van der Waals surface area contributed by atoms with Gasteiger partial charge in [-0.1, -0.05) is 23.8 Å².